The van der Waals surface area contributed by atoms with E-state index in [1.165, 1.54) is 22.4 Å². The summed E-state index contributed by atoms with van der Waals surface area (Å²) in [5, 5.41) is 0. The number of benzene rings is 2. The zero-order valence-electron chi connectivity index (χ0n) is 12.4. The molecule has 1 nitrogen and oxygen atoms in total. The van der Waals surface area contributed by atoms with Gasteiger partial charge in [0.1, 0.15) is 0 Å². The van der Waals surface area contributed by atoms with Gasteiger partial charge in [-0.3, -0.25) is 0 Å². The molecule has 0 saturated carbocycles. The first kappa shape index (κ1) is 15.4. The summed E-state index contributed by atoms with van der Waals surface area (Å²) in [7, 11) is 0. The Hall–Kier alpha value is -1.99. The number of aromatic nitrogens is 1. The molecule has 0 aliphatic heterocycles. The summed E-state index contributed by atoms with van der Waals surface area (Å²) in [6.07, 6.45) is 2.25. The lowest BCUT2D eigenvalue weighted by Gasteiger charge is -2.12. The second-order valence-corrected chi connectivity index (χ2v) is 5.35. The van der Waals surface area contributed by atoms with E-state index in [0.717, 1.165) is 0 Å². The largest absolute Gasteiger partial charge is 0.344 e. The van der Waals surface area contributed by atoms with Gasteiger partial charge in [-0.1, -0.05) is 60.7 Å². The van der Waals surface area contributed by atoms with Crippen molar-refractivity contribution in [2.45, 2.75) is 19.9 Å². The van der Waals surface area contributed by atoms with E-state index >= 15 is 0 Å². The first-order valence-corrected chi connectivity index (χ1v) is 7.08. The number of hydrogen-bond donors (Lipinski definition) is 0. The monoisotopic (exact) mass is 297 g/mol. The molecule has 0 bridgehead atoms. The number of halogens is 1. The molecule has 0 radical (unpaired) electrons. The average Bonchev–Trinajstić information content (AvgIpc) is 2.94. The molecule has 2 heteroatoms. The fraction of sp³-hybridized carbons (Fsp3) is 0.158. The summed E-state index contributed by atoms with van der Waals surface area (Å²) >= 11 is 0. The van der Waals surface area contributed by atoms with Gasteiger partial charge in [0.25, 0.3) is 0 Å². The van der Waals surface area contributed by atoms with Gasteiger partial charge in [0.15, 0.2) is 0 Å². The van der Waals surface area contributed by atoms with Crippen LogP contribution in [0.2, 0.25) is 0 Å². The standard InChI is InChI=1S/C19H19N.ClH/c1-15(2)20-14-18(16-9-5-3-6-10-16)13-19(20)17-11-7-4-8-12-17;/h3-15H,1-2H3;1H. The van der Waals surface area contributed by atoms with Crippen molar-refractivity contribution in [3.8, 4) is 22.4 Å². The zero-order valence-corrected chi connectivity index (χ0v) is 13.2. The van der Waals surface area contributed by atoms with Crippen molar-refractivity contribution >= 4 is 12.4 Å². The van der Waals surface area contributed by atoms with Crippen molar-refractivity contribution in [3.63, 3.8) is 0 Å². The molecule has 1 heterocycles. The maximum atomic E-state index is 2.34. The average molecular weight is 298 g/mol. The second kappa shape index (κ2) is 6.64. The first-order valence-electron chi connectivity index (χ1n) is 7.08. The van der Waals surface area contributed by atoms with Crippen LogP contribution in [-0.2, 0) is 0 Å². The van der Waals surface area contributed by atoms with Gasteiger partial charge in [-0.15, -0.1) is 12.4 Å². The fourth-order valence-electron chi connectivity index (χ4n) is 2.54. The minimum atomic E-state index is 0. The molecular formula is C19H20ClN. The molecule has 0 atom stereocenters. The van der Waals surface area contributed by atoms with Crippen molar-refractivity contribution in [3.05, 3.63) is 72.9 Å². The van der Waals surface area contributed by atoms with Crippen LogP contribution in [0.5, 0.6) is 0 Å². The lowest BCUT2D eigenvalue weighted by atomic mass is 10.1. The van der Waals surface area contributed by atoms with Gasteiger partial charge in [0.2, 0.25) is 0 Å². The van der Waals surface area contributed by atoms with E-state index in [1.807, 2.05) is 0 Å². The van der Waals surface area contributed by atoms with E-state index in [2.05, 4.69) is 91.3 Å². The highest BCUT2D eigenvalue weighted by Crippen LogP contribution is 2.30. The molecule has 0 N–H and O–H groups in total. The van der Waals surface area contributed by atoms with E-state index in [9.17, 15) is 0 Å². The minimum Gasteiger partial charge on any atom is -0.344 e. The normalized spacial score (nSPS) is 10.4. The van der Waals surface area contributed by atoms with Gasteiger partial charge < -0.3 is 4.57 Å². The molecule has 0 amide bonds. The van der Waals surface area contributed by atoms with Gasteiger partial charge in [-0.2, -0.15) is 0 Å². The van der Waals surface area contributed by atoms with Crippen molar-refractivity contribution in [1.82, 2.24) is 4.57 Å². The van der Waals surface area contributed by atoms with Gasteiger partial charge in [0, 0.05) is 17.9 Å². The molecule has 0 unspecified atom stereocenters. The van der Waals surface area contributed by atoms with Crippen LogP contribution in [0.1, 0.15) is 19.9 Å². The molecule has 0 aliphatic carbocycles. The zero-order chi connectivity index (χ0) is 13.9. The van der Waals surface area contributed by atoms with Crippen LogP contribution in [0.4, 0.5) is 0 Å². The first-order chi connectivity index (χ1) is 9.75. The van der Waals surface area contributed by atoms with Gasteiger partial charge in [-0.05, 0) is 36.6 Å². The Labute approximate surface area is 132 Å². The van der Waals surface area contributed by atoms with E-state index in [-0.39, 0.29) is 12.4 Å². The Morgan fingerprint density at radius 3 is 1.76 bits per heavy atom. The topological polar surface area (TPSA) is 4.93 Å². The summed E-state index contributed by atoms with van der Waals surface area (Å²) in [5.41, 5.74) is 5.09. The van der Waals surface area contributed by atoms with Crippen LogP contribution < -0.4 is 0 Å². The Morgan fingerprint density at radius 2 is 1.24 bits per heavy atom. The van der Waals surface area contributed by atoms with Crippen LogP contribution in [0.25, 0.3) is 22.4 Å². The molecule has 0 spiro atoms. The van der Waals surface area contributed by atoms with Crippen LogP contribution in [0.15, 0.2) is 72.9 Å². The van der Waals surface area contributed by atoms with Gasteiger partial charge in [-0.25, -0.2) is 0 Å². The minimum absolute atomic E-state index is 0. The summed E-state index contributed by atoms with van der Waals surface area (Å²) in [4.78, 5) is 0. The molecule has 0 saturated heterocycles. The lowest BCUT2D eigenvalue weighted by molar-refractivity contribution is 0.610. The molecule has 0 fully saturated rings. The number of rotatable bonds is 3. The quantitative estimate of drug-likeness (QED) is 0.573. The molecule has 3 rings (SSSR count). The Kier molecular flexibility index (Phi) is 4.87. The Bertz CT molecular complexity index is 684. The smallest absolute Gasteiger partial charge is 0.0489 e. The van der Waals surface area contributed by atoms with Crippen molar-refractivity contribution in [2.75, 3.05) is 0 Å². The summed E-state index contributed by atoms with van der Waals surface area (Å²) < 4.78 is 2.34. The third-order valence-corrected chi connectivity index (χ3v) is 3.58. The Balaban J connectivity index is 0.00000161. The summed E-state index contributed by atoms with van der Waals surface area (Å²) in [6.45, 7) is 4.45. The number of nitrogens with zero attached hydrogens (tertiary/aromatic N) is 1. The van der Waals surface area contributed by atoms with Crippen LogP contribution in [0, 0.1) is 0 Å². The molecule has 2 aromatic carbocycles. The predicted octanol–water partition coefficient (Wildman–Crippen LogP) is 5.82. The maximum absolute atomic E-state index is 2.34. The van der Waals surface area contributed by atoms with Crippen LogP contribution in [0.3, 0.4) is 0 Å². The highest BCUT2D eigenvalue weighted by Gasteiger charge is 2.11. The molecule has 0 aliphatic rings. The van der Waals surface area contributed by atoms with Crippen LogP contribution in [-0.4, -0.2) is 4.57 Å². The van der Waals surface area contributed by atoms with Crippen LogP contribution >= 0.6 is 12.4 Å². The van der Waals surface area contributed by atoms with Gasteiger partial charge >= 0.3 is 0 Å². The van der Waals surface area contributed by atoms with Crippen molar-refractivity contribution < 1.29 is 0 Å². The van der Waals surface area contributed by atoms with Gasteiger partial charge in [0.05, 0.1) is 0 Å². The third kappa shape index (κ3) is 3.20. The predicted molar refractivity (Wildman–Crippen MR) is 92.9 cm³/mol. The molecular weight excluding hydrogens is 278 g/mol. The summed E-state index contributed by atoms with van der Waals surface area (Å²) in [5.74, 6) is 0. The number of hydrogen-bond acceptors (Lipinski definition) is 0. The van der Waals surface area contributed by atoms with Crippen molar-refractivity contribution in [1.29, 1.82) is 0 Å². The lowest BCUT2D eigenvalue weighted by Crippen LogP contribution is -2.00. The molecule has 3 aromatic rings. The highest BCUT2D eigenvalue weighted by atomic mass is 35.5. The summed E-state index contributed by atoms with van der Waals surface area (Å²) in [6, 6.07) is 23.9. The Morgan fingerprint density at radius 1 is 0.714 bits per heavy atom. The van der Waals surface area contributed by atoms with Crippen molar-refractivity contribution in [2.24, 2.45) is 0 Å². The highest BCUT2D eigenvalue weighted by molar-refractivity contribution is 5.85. The van der Waals surface area contributed by atoms with E-state index < -0.39 is 0 Å². The second-order valence-electron chi connectivity index (χ2n) is 5.35. The SMILES string of the molecule is CC(C)n1cc(-c2ccccc2)cc1-c1ccccc1.Cl. The molecule has 21 heavy (non-hydrogen) atoms. The fourth-order valence-corrected chi connectivity index (χ4v) is 2.54. The maximum Gasteiger partial charge on any atom is 0.0489 e. The van der Waals surface area contributed by atoms with E-state index in [4.69, 9.17) is 0 Å². The van der Waals surface area contributed by atoms with E-state index in [1.54, 1.807) is 0 Å². The molecule has 1 aromatic heterocycles. The third-order valence-electron chi connectivity index (χ3n) is 3.58. The molecule has 108 valence electrons. The van der Waals surface area contributed by atoms with E-state index in [0.29, 0.717) is 6.04 Å².